The minimum Gasteiger partial charge on any atom is -0.480 e. The lowest BCUT2D eigenvalue weighted by molar-refractivity contribution is -0.138. The average molecular weight is 802 g/mol. The number of benzene rings is 1. The minimum atomic E-state index is -4.32. The fourth-order valence-corrected chi connectivity index (χ4v) is 9.33. The maximum absolute atomic E-state index is 16.1. The van der Waals surface area contributed by atoms with Crippen molar-refractivity contribution >= 4 is 103 Å². The van der Waals surface area contributed by atoms with Crippen molar-refractivity contribution in [2.75, 3.05) is 30.8 Å². The zero-order chi connectivity index (χ0) is 37.5. The van der Waals surface area contributed by atoms with Crippen LogP contribution in [-0.2, 0) is 42.4 Å². The van der Waals surface area contributed by atoms with E-state index in [1.165, 1.54) is 11.9 Å². The van der Waals surface area contributed by atoms with E-state index in [9.17, 15) is 57.1 Å². The summed E-state index contributed by atoms with van der Waals surface area (Å²) in [5.41, 5.74) is -2.00. The fourth-order valence-electron chi connectivity index (χ4n) is 5.11. The Morgan fingerprint density at radius 1 is 0.902 bits per heavy atom. The summed E-state index contributed by atoms with van der Waals surface area (Å²) in [6, 6.07) is 6.71. The van der Waals surface area contributed by atoms with Crippen LogP contribution in [0.1, 0.15) is 6.42 Å². The van der Waals surface area contributed by atoms with Crippen molar-refractivity contribution in [1.29, 1.82) is 0 Å². The molecule has 51 heavy (non-hydrogen) atoms. The molecule has 4 N–H and O–H groups in total. The van der Waals surface area contributed by atoms with Gasteiger partial charge in [-0.25, -0.2) is 4.39 Å². The van der Waals surface area contributed by atoms with Crippen LogP contribution in [0.5, 0.6) is 0 Å². The predicted molar refractivity (Wildman–Crippen MR) is 186 cm³/mol. The zero-order valence-electron chi connectivity index (χ0n) is 25.8. The van der Waals surface area contributed by atoms with Gasteiger partial charge in [-0.15, -0.1) is 22.7 Å². The van der Waals surface area contributed by atoms with Crippen LogP contribution in [0.3, 0.4) is 0 Å². The van der Waals surface area contributed by atoms with Crippen molar-refractivity contribution < 1.29 is 51.9 Å². The van der Waals surface area contributed by atoms with E-state index in [1.54, 1.807) is 24.3 Å². The smallest absolute Gasteiger partial charge is 0.323 e. The lowest BCUT2D eigenvalue weighted by Gasteiger charge is -2.20. The van der Waals surface area contributed by atoms with Gasteiger partial charge in [0.05, 0.1) is 16.0 Å². The number of aromatic nitrogens is 2. The molecular formula is C28H24FN5O12S5. The highest BCUT2D eigenvalue weighted by Crippen LogP contribution is 2.47. The van der Waals surface area contributed by atoms with E-state index in [-0.39, 0.29) is 37.0 Å². The Balaban J connectivity index is 1.81. The van der Waals surface area contributed by atoms with Gasteiger partial charge in [-0.1, -0.05) is 23.9 Å². The van der Waals surface area contributed by atoms with Gasteiger partial charge < -0.3 is 20.2 Å². The molecule has 270 valence electrons. The van der Waals surface area contributed by atoms with Gasteiger partial charge >= 0.3 is 17.9 Å². The van der Waals surface area contributed by atoms with E-state index in [1.807, 2.05) is 0 Å². The molecule has 23 heteroatoms. The van der Waals surface area contributed by atoms with Gasteiger partial charge in [0.1, 0.15) is 44.2 Å². The molecule has 1 saturated heterocycles. The first-order valence-corrected chi connectivity index (χ1v) is 18.7. The number of para-hydroxylation sites is 1. The number of thiazole rings is 2. The Hall–Kier alpha value is -4.68. The fraction of sp³-hybridized carbons (Fsp3) is 0.250. The number of carbonyl (C=O) groups excluding carboxylic acids is 1. The average Bonchev–Trinajstić information content (AvgIpc) is 3.71. The van der Waals surface area contributed by atoms with Gasteiger partial charge in [-0.2, -0.15) is 8.42 Å². The molecule has 1 fully saturated rings. The van der Waals surface area contributed by atoms with E-state index in [4.69, 9.17) is 12.2 Å². The van der Waals surface area contributed by atoms with Crippen LogP contribution < -0.4 is 25.2 Å². The number of anilines is 1. The number of thiocarbonyl (C=S) groups is 1. The molecule has 2 aliphatic rings. The Morgan fingerprint density at radius 2 is 1.51 bits per heavy atom. The normalized spacial score (nSPS) is 17.8. The third kappa shape index (κ3) is 7.67. The quantitative estimate of drug-likeness (QED) is 0.143. The van der Waals surface area contributed by atoms with Gasteiger partial charge in [-0.3, -0.25) is 52.3 Å². The molecule has 4 heterocycles. The number of halogens is 1. The molecule has 0 atom stereocenters. The number of allylic oxidation sites excluding steroid dienone is 1. The third-order valence-electron chi connectivity index (χ3n) is 7.22. The van der Waals surface area contributed by atoms with Gasteiger partial charge in [-0.05, 0) is 36.8 Å². The highest BCUT2D eigenvalue weighted by atomic mass is 32.2. The topological polar surface area (TPSA) is 237 Å². The van der Waals surface area contributed by atoms with Gasteiger partial charge in [0.25, 0.3) is 27.1 Å². The number of carbonyl (C=O) groups is 4. The number of hydrogen-bond acceptors (Lipinski definition) is 13. The standard InChI is InChI=1S/C28H24FN5O12S5/c1-30-23(42)20(32(28(30)47)10-17(35)36)26-34(12-19(39)40)24(43)21(50-26)27-33(11-18(37)38)22(41)16(49-27)9-13(29)25-31(7-4-8-51(44,45)46)14-5-2-3-6-15(14)48-25/h2-3,5-6,9H,4,7-8,10-12H2,1H3,(H,35,36)(H,37,38)(H,39,40)(H,44,45,46)/b16-9-,25-13-,26-20+,27-21+. The summed E-state index contributed by atoms with van der Waals surface area (Å²) < 4.78 is 47.8. The van der Waals surface area contributed by atoms with Crippen molar-refractivity contribution in [2.45, 2.75) is 24.4 Å². The number of rotatable bonds is 11. The SMILES string of the molecule is CN1C(=O)/C(=c2\s/c(=c3/s/c(=C\C(F)=C4\Sc5ccccc5N4CCCS(=O)(=O)O)c(=O)n3CC(=O)O)c(=O)n2CC(=O)O)N(CC(=O)O)C1=S. The highest BCUT2D eigenvalue weighted by molar-refractivity contribution is 8.03. The van der Waals surface area contributed by atoms with Crippen LogP contribution in [0.15, 0.2) is 49.6 Å². The number of likely N-dealkylation sites (N-methyl/N-ethyl adjacent to an activating group) is 1. The number of nitrogens with zero attached hydrogens (tertiary/aromatic N) is 5. The van der Waals surface area contributed by atoms with Crippen LogP contribution in [-0.4, -0.2) is 102 Å². The molecule has 0 bridgehead atoms. The first-order valence-electron chi connectivity index (χ1n) is 14.2. The summed E-state index contributed by atoms with van der Waals surface area (Å²) in [4.78, 5) is 79.8. The van der Waals surface area contributed by atoms with Crippen molar-refractivity contribution in [3.63, 3.8) is 0 Å². The predicted octanol–water partition coefficient (Wildman–Crippen LogP) is -0.350. The first kappa shape index (κ1) is 37.6. The number of thioether (sulfide) groups is 1. The molecule has 17 nitrogen and oxygen atoms in total. The molecule has 0 aliphatic carbocycles. The van der Waals surface area contributed by atoms with E-state index < -0.39 is 86.5 Å². The number of aliphatic carboxylic acids is 3. The summed E-state index contributed by atoms with van der Waals surface area (Å²) >= 11 is 7.18. The van der Waals surface area contributed by atoms with Crippen LogP contribution >= 0.6 is 46.7 Å². The lowest BCUT2D eigenvalue weighted by Crippen LogP contribution is -2.37. The lowest BCUT2D eigenvalue weighted by atomic mass is 10.3. The van der Waals surface area contributed by atoms with Gasteiger partial charge in [0.15, 0.2) is 10.9 Å². The van der Waals surface area contributed by atoms with Crippen LogP contribution in [0.25, 0.3) is 11.8 Å². The molecule has 5 rings (SSSR count). The summed E-state index contributed by atoms with van der Waals surface area (Å²) in [6.45, 7) is -2.89. The van der Waals surface area contributed by atoms with Crippen molar-refractivity contribution in [3.05, 3.63) is 74.2 Å². The Kier molecular flexibility index (Phi) is 10.7. The molecule has 0 unspecified atom stereocenters. The monoisotopic (exact) mass is 801 g/mol. The largest absolute Gasteiger partial charge is 0.480 e. The molecule has 1 amide bonds. The minimum absolute atomic E-state index is 0.0392. The highest BCUT2D eigenvalue weighted by Gasteiger charge is 2.39. The number of carboxylic acid groups (broad SMARTS) is 3. The molecule has 2 aromatic heterocycles. The molecule has 3 aromatic rings. The number of amides is 1. The zero-order valence-corrected chi connectivity index (χ0v) is 29.9. The molecule has 0 spiro atoms. The maximum atomic E-state index is 16.1. The van der Waals surface area contributed by atoms with Crippen LogP contribution in [0.4, 0.5) is 10.1 Å². The number of hydrogen-bond donors (Lipinski definition) is 4. The van der Waals surface area contributed by atoms with E-state index >= 15 is 4.39 Å². The molecule has 0 saturated carbocycles. The Labute approximate surface area is 302 Å². The van der Waals surface area contributed by atoms with E-state index in [0.29, 0.717) is 42.4 Å². The van der Waals surface area contributed by atoms with Crippen molar-refractivity contribution in [1.82, 2.24) is 18.9 Å². The second kappa shape index (κ2) is 14.5. The Morgan fingerprint density at radius 3 is 2.12 bits per heavy atom. The summed E-state index contributed by atoms with van der Waals surface area (Å²) in [5, 5.41) is 28.4. The summed E-state index contributed by atoms with van der Waals surface area (Å²) in [5.74, 6) is -6.89. The van der Waals surface area contributed by atoms with Crippen LogP contribution in [0.2, 0.25) is 0 Å². The summed E-state index contributed by atoms with van der Waals surface area (Å²) in [7, 11) is -3.07. The van der Waals surface area contributed by atoms with Crippen molar-refractivity contribution in [3.8, 4) is 0 Å². The van der Waals surface area contributed by atoms with Gasteiger partial charge in [0.2, 0.25) is 0 Å². The van der Waals surface area contributed by atoms with Crippen LogP contribution in [0, 0.1) is 9.20 Å². The molecule has 1 aromatic carbocycles. The molecular weight excluding hydrogens is 778 g/mol. The Bertz CT molecular complexity index is 2520. The van der Waals surface area contributed by atoms with Crippen molar-refractivity contribution in [2.24, 2.45) is 0 Å². The number of carboxylic acids is 3. The maximum Gasteiger partial charge on any atom is 0.323 e. The second-order valence-corrected chi connectivity index (χ2v) is 15.7. The van der Waals surface area contributed by atoms with E-state index in [2.05, 4.69) is 0 Å². The summed E-state index contributed by atoms with van der Waals surface area (Å²) in [6.07, 6.45) is 0.731. The third-order valence-corrected chi connectivity index (χ3v) is 12.1. The molecule has 0 radical (unpaired) electrons. The second-order valence-electron chi connectivity index (χ2n) is 10.7. The van der Waals surface area contributed by atoms with E-state index in [0.717, 1.165) is 27.6 Å². The molecule has 2 aliphatic heterocycles. The number of fused-ring (bicyclic) bond motifs is 1. The first-order chi connectivity index (χ1) is 23.9. The van der Waals surface area contributed by atoms with Gasteiger partial charge in [0, 0.05) is 18.5 Å².